The summed E-state index contributed by atoms with van der Waals surface area (Å²) in [5.41, 5.74) is 5.61. The lowest BCUT2D eigenvalue weighted by Gasteiger charge is -2.40. The summed E-state index contributed by atoms with van der Waals surface area (Å²) in [5, 5.41) is 2.52. The molecule has 4 heterocycles. The van der Waals surface area contributed by atoms with Gasteiger partial charge in [0.25, 0.3) is 0 Å². The van der Waals surface area contributed by atoms with Gasteiger partial charge >= 0.3 is 12.1 Å². The van der Waals surface area contributed by atoms with Gasteiger partial charge in [-0.2, -0.15) is 9.97 Å². The number of carbonyl (C=O) groups is 1. The molecular weight excluding hydrogens is 564 g/mol. The van der Waals surface area contributed by atoms with Gasteiger partial charge in [0.1, 0.15) is 19.0 Å². The van der Waals surface area contributed by atoms with Crippen molar-refractivity contribution in [3.63, 3.8) is 0 Å². The number of amides is 1. The van der Waals surface area contributed by atoms with Gasteiger partial charge in [0.15, 0.2) is 0 Å². The summed E-state index contributed by atoms with van der Waals surface area (Å²) in [6.07, 6.45) is 2.04. The highest BCUT2D eigenvalue weighted by molar-refractivity contribution is 5.97. The quantitative estimate of drug-likeness (QED) is 0.262. The molecule has 2 fully saturated rings. The zero-order valence-corrected chi connectivity index (χ0v) is 26.5. The molecule has 0 saturated carbocycles. The lowest BCUT2D eigenvalue weighted by molar-refractivity contribution is 0.0897. The molecule has 0 spiro atoms. The largest absolute Gasteiger partial charge is 0.462 e. The third kappa shape index (κ3) is 6.01. The van der Waals surface area contributed by atoms with Crippen LogP contribution in [-0.2, 0) is 24.4 Å². The van der Waals surface area contributed by atoms with Gasteiger partial charge in [0.2, 0.25) is 0 Å². The van der Waals surface area contributed by atoms with E-state index in [1.54, 1.807) is 0 Å². The first-order chi connectivity index (χ1) is 21.9. The Kier molecular flexibility index (Phi) is 8.19. The van der Waals surface area contributed by atoms with Crippen molar-refractivity contribution >= 4 is 28.4 Å². The molecule has 9 nitrogen and oxygen atoms in total. The fourth-order valence-electron chi connectivity index (χ4n) is 7.07. The zero-order chi connectivity index (χ0) is 30.9. The van der Waals surface area contributed by atoms with Crippen LogP contribution in [0.4, 0.5) is 16.3 Å². The summed E-state index contributed by atoms with van der Waals surface area (Å²) in [5.74, 6) is 0.916. The smallest absolute Gasteiger partial charge is 0.410 e. The molecule has 45 heavy (non-hydrogen) atoms. The van der Waals surface area contributed by atoms with E-state index >= 15 is 0 Å². The first-order valence-electron chi connectivity index (χ1n) is 16.1. The molecule has 0 N–H and O–H groups in total. The number of benzene rings is 3. The fraction of sp³-hybridized carbons (Fsp3) is 0.417. The van der Waals surface area contributed by atoms with E-state index in [1.807, 2.05) is 35.2 Å². The number of hydrogen-bond donors (Lipinski definition) is 0. The summed E-state index contributed by atoms with van der Waals surface area (Å²) < 4.78 is 12.0. The average Bonchev–Trinajstić information content (AvgIpc) is 3.68. The number of rotatable bonds is 7. The molecule has 2 atom stereocenters. The fourth-order valence-corrected chi connectivity index (χ4v) is 7.07. The lowest BCUT2D eigenvalue weighted by atomic mass is 10.0. The first kappa shape index (κ1) is 29.3. The van der Waals surface area contributed by atoms with E-state index in [2.05, 4.69) is 72.0 Å². The van der Waals surface area contributed by atoms with Gasteiger partial charge < -0.3 is 29.1 Å². The maximum atomic E-state index is 13.0. The van der Waals surface area contributed by atoms with Crippen molar-refractivity contribution in [3.8, 4) is 6.01 Å². The summed E-state index contributed by atoms with van der Waals surface area (Å²) in [6, 6.07) is 23.7. The predicted octanol–water partition coefficient (Wildman–Crippen LogP) is 5.78. The van der Waals surface area contributed by atoms with Crippen LogP contribution in [0.15, 0.2) is 66.7 Å². The highest BCUT2D eigenvalue weighted by Crippen LogP contribution is 2.39. The van der Waals surface area contributed by atoms with Crippen LogP contribution in [0.3, 0.4) is 0 Å². The third-order valence-electron chi connectivity index (χ3n) is 9.61. The Balaban J connectivity index is 1.14. The van der Waals surface area contributed by atoms with Crippen molar-refractivity contribution in [3.05, 3.63) is 89.1 Å². The predicted molar refractivity (Wildman–Crippen MR) is 177 cm³/mol. The molecule has 0 radical (unpaired) electrons. The van der Waals surface area contributed by atoms with Gasteiger partial charge in [-0.25, -0.2) is 4.79 Å². The molecule has 4 aromatic rings. The maximum absolute atomic E-state index is 13.0. The summed E-state index contributed by atoms with van der Waals surface area (Å²) in [7, 11) is 2.16. The van der Waals surface area contributed by atoms with Crippen LogP contribution in [0.25, 0.3) is 10.8 Å². The number of fused-ring (bicyclic) bond motifs is 2. The van der Waals surface area contributed by atoms with Gasteiger partial charge in [-0.1, -0.05) is 60.7 Å². The van der Waals surface area contributed by atoms with E-state index < -0.39 is 0 Å². The average molecular weight is 607 g/mol. The minimum absolute atomic E-state index is 0.0460. The number of anilines is 2. The van der Waals surface area contributed by atoms with Crippen LogP contribution in [0.2, 0.25) is 0 Å². The number of aromatic nitrogens is 2. The molecule has 0 bridgehead atoms. The van der Waals surface area contributed by atoms with Gasteiger partial charge in [0.05, 0.1) is 12.2 Å². The standard InChI is InChI=1S/C36H42N6O3/c1-25-10-7-13-28-14-8-16-32(33(25)28)41-21-30-31(22-41)37-35(44-24-29-15-9-17-39(29)3)38-34(30)42-19-18-40(20-26(42)2)36(43)45-23-27-11-5-4-6-12-27/h4-8,10-14,16,26,29H,9,15,17-24H2,1-3H3. The Morgan fingerprint density at radius 3 is 2.56 bits per heavy atom. The number of carbonyl (C=O) groups excluding carboxylic acids is 1. The highest BCUT2D eigenvalue weighted by Gasteiger charge is 2.35. The van der Waals surface area contributed by atoms with Crippen molar-refractivity contribution in [1.29, 1.82) is 0 Å². The van der Waals surface area contributed by atoms with E-state index in [1.165, 1.54) is 28.4 Å². The van der Waals surface area contributed by atoms with E-state index in [9.17, 15) is 4.79 Å². The van der Waals surface area contributed by atoms with E-state index in [-0.39, 0.29) is 18.7 Å². The number of likely N-dealkylation sites (tertiary alicyclic amines) is 1. The minimum atomic E-state index is -0.277. The Morgan fingerprint density at radius 2 is 1.78 bits per heavy atom. The minimum Gasteiger partial charge on any atom is -0.462 e. The van der Waals surface area contributed by atoms with Crippen LogP contribution < -0.4 is 14.5 Å². The molecule has 3 aliphatic rings. The van der Waals surface area contributed by atoms with Crippen molar-refractivity contribution in [2.45, 2.75) is 58.5 Å². The van der Waals surface area contributed by atoms with Crippen LogP contribution in [0, 0.1) is 6.92 Å². The second-order valence-electron chi connectivity index (χ2n) is 12.7. The van der Waals surface area contributed by atoms with Crippen LogP contribution in [0.5, 0.6) is 6.01 Å². The summed E-state index contributed by atoms with van der Waals surface area (Å²) in [6.45, 7) is 9.47. The lowest BCUT2D eigenvalue weighted by Crippen LogP contribution is -2.54. The van der Waals surface area contributed by atoms with Gasteiger partial charge in [-0.15, -0.1) is 0 Å². The van der Waals surface area contributed by atoms with Crippen molar-refractivity contribution in [2.75, 3.05) is 49.6 Å². The Labute approximate surface area is 265 Å². The number of ether oxygens (including phenoxy) is 2. The first-order valence-corrected chi connectivity index (χ1v) is 16.1. The third-order valence-corrected chi connectivity index (χ3v) is 9.61. The molecule has 7 rings (SSSR count). The second kappa shape index (κ2) is 12.6. The molecule has 3 aliphatic heterocycles. The zero-order valence-electron chi connectivity index (χ0n) is 26.5. The summed E-state index contributed by atoms with van der Waals surface area (Å²) in [4.78, 5) is 32.0. The molecule has 2 saturated heterocycles. The number of aryl methyl sites for hydroxylation is 1. The Hall–Kier alpha value is -4.37. The van der Waals surface area contributed by atoms with E-state index in [0.29, 0.717) is 44.8 Å². The number of nitrogens with zero attached hydrogens (tertiary/aromatic N) is 6. The molecule has 234 valence electrons. The normalized spacial score (nSPS) is 20.1. The number of likely N-dealkylation sites (N-methyl/N-ethyl adjacent to an activating group) is 1. The van der Waals surface area contributed by atoms with E-state index in [4.69, 9.17) is 19.4 Å². The van der Waals surface area contributed by atoms with Crippen molar-refractivity contribution < 1.29 is 14.3 Å². The molecule has 0 aliphatic carbocycles. The Bertz CT molecular complexity index is 1680. The molecule has 1 amide bonds. The monoisotopic (exact) mass is 606 g/mol. The van der Waals surface area contributed by atoms with E-state index in [0.717, 1.165) is 42.1 Å². The number of piperazine rings is 1. The molecule has 9 heteroatoms. The van der Waals surface area contributed by atoms with Crippen molar-refractivity contribution in [1.82, 2.24) is 19.8 Å². The van der Waals surface area contributed by atoms with Gasteiger partial charge in [0, 0.05) is 54.9 Å². The molecular formula is C36H42N6O3. The Morgan fingerprint density at radius 1 is 0.956 bits per heavy atom. The van der Waals surface area contributed by atoms with Crippen LogP contribution >= 0.6 is 0 Å². The van der Waals surface area contributed by atoms with Crippen molar-refractivity contribution in [2.24, 2.45) is 0 Å². The molecule has 2 unspecified atom stereocenters. The van der Waals surface area contributed by atoms with Crippen LogP contribution in [-0.4, -0.2) is 77.8 Å². The molecule has 3 aromatic carbocycles. The highest BCUT2D eigenvalue weighted by atomic mass is 16.6. The maximum Gasteiger partial charge on any atom is 0.410 e. The molecule has 1 aromatic heterocycles. The van der Waals surface area contributed by atoms with Gasteiger partial charge in [-0.05, 0) is 62.9 Å². The summed E-state index contributed by atoms with van der Waals surface area (Å²) >= 11 is 0. The SMILES string of the molecule is Cc1cccc2cccc(N3Cc4nc(OCC5CCCN5C)nc(N5CCN(C(=O)OCc6ccccc6)CC5C)c4C3)c12. The number of hydrogen-bond acceptors (Lipinski definition) is 8. The van der Waals surface area contributed by atoms with Gasteiger partial charge in [-0.3, -0.25) is 0 Å². The van der Waals surface area contributed by atoms with Crippen LogP contribution in [0.1, 0.15) is 42.1 Å². The topological polar surface area (TPSA) is 74.3 Å². The second-order valence-corrected chi connectivity index (χ2v) is 12.7.